The van der Waals surface area contributed by atoms with Gasteiger partial charge in [0.05, 0.1) is 0 Å². The van der Waals surface area contributed by atoms with Crippen LogP contribution in [0.25, 0.3) is 10.8 Å². The van der Waals surface area contributed by atoms with E-state index in [4.69, 9.17) is 9.05 Å². The van der Waals surface area contributed by atoms with E-state index in [1.165, 1.54) is 0 Å². The van der Waals surface area contributed by atoms with Gasteiger partial charge in [-0.2, -0.15) is 0 Å². The van der Waals surface area contributed by atoms with Crippen LogP contribution < -0.4 is 4.52 Å². The highest BCUT2D eigenvalue weighted by molar-refractivity contribution is 7.33. The van der Waals surface area contributed by atoms with Gasteiger partial charge in [-0.1, -0.05) is 36.4 Å². The highest BCUT2D eigenvalue weighted by Crippen LogP contribution is 2.33. The van der Waals surface area contributed by atoms with Crippen molar-refractivity contribution in [3.8, 4) is 5.75 Å². The molecule has 16 heavy (non-hydrogen) atoms. The third kappa shape index (κ3) is 2.38. The van der Waals surface area contributed by atoms with Gasteiger partial charge in [0, 0.05) is 9.95 Å². The van der Waals surface area contributed by atoms with Gasteiger partial charge in [0.2, 0.25) is 0 Å². The van der Waals surface area contributed by atoms with E-state index in [1.807, 2.05) is 36.4 Å². The molecule has 0 aliphatic heterocycles. The van der Waals surface area contributed by atoms with Crippen molar-refractivity contribution < 1.29 is 13.6 Å². The summed E-state index contributed by atoms with van der Waals surface area (Å²) in [6.45, 7) is 2.15. The molecular formula is C12H12O3P+. The van der Waals surface area contributed by atoms with Crippen molar-refractivity contribution >= 4 is 19.0 Å². The van der Waals surface area contributed by atoms with E-state index in [-0.39, 0.29) is 0 Å². The van der Waals surface area contributed by atoms with Crippen molar-refractivity contribution in [3.05, 3.63) is 42.5 Å². The Morgan fingerprint density at radius 3 is 2.69 bits per heavy atom. The number of hydrogen-bond donors (Lipinski definition) is 0. The van der Waals surface area contributed by atoms with Crippen LogP contribution in [-0.4, -0.2) is 6.61 Å². The first-order valence-corrected chi connectivity index (χ1v) is 6.16. The summed E-state index contributed by atoms with van der Waals surface area (Å²) in [7, 11) is -2.08. The van der Waals surface area contributed by atoms with E-state index >= 15 is 0 Å². The van der Waals surface area contributed by atoms with Crippen molar-refractivity contribution in [3.63, 3.8) is 0 Å². The maximum Gasteiger partial charge on any atom is 0.750 e. The van der Waals surface area contributed by atoms with Crippen LogP contribution >= 0.6 is 8.25 Å². The summed E-state index contributed by atoms with van der Waals surface area (Å²) in [5.41, 5.74) is 0. The molecule has 1 atom stereocenters. The van der Waals surface area contributed by atoms with Crippen LogP contribution in [0.1, 0.15) is 6.92 Å². The molecule has 0 saturated carbocycles. The van der Waals surface area contributed by atoms with Crippen LogP contribution in [0.4, 0.5) is 0 Å². The zero-order valence-corrected chi connectivity index (χ0v) is 9.81. The quantitative estimate of drug-likeness (QED) is 0.753. The number of rotatable bonds is 4. The number of fused-ring (bicyclic) bond motifs is 1. The van der Waals surface area contributed by atoms with Gasteiger partial charge in [-0.05, 0) is 18.4 Å². The summed E-state index contributed by atoms with van der Waals surface area (Å²) in [5.74, 6) is 0.590. The Labute approximate surface area is 94.9 Å². The fourth-order valence-corrected chi connectivity index (χ4v) is 2.07. The standard InChI is InChI=1S/C12H12O3P/c1-2-14-16(13)15-12-9-5-7-10-6-3-4-8-11(10)12/h3-9H,2H2,1H3/q+1. The minimum Gasteiger partial charge on any atom is -0.229 e. The summed E-state index contributed by atoms with van der Waals surface area (Å²) in [4.78, 5) is 0. The minimum absolute atomic E-state index is 0.375. The lowest BCUT2D eigenvalue weighted by atomic mass is 10.1. The van der Waals surface area contributed by atoms with Crippen LogP contribution in [0, 0.1) is 0 Å². The van der Waals surface area contributed by atoms with E-state index in [0.717, 1.165) is 10.8 Å². The molecule has 0 aliphatic carbocycles. The van der Waals surface area contributed by atoms with Crippen molar-refractivity contribution in [2.45, 2.75) is 6.92 Å². The van der Waals surface area contributed by atoms with Gasteiger partial charge in [0.1, 0.15) is 6.61 Å². The monoisotopic (exact) mass is 235 g/mol. The Balaban J connectivity index is 2.33. The summed E-state index contributed by atoms with van der Waals surface area (Å²) in [6.07, 6.45) is 0. The molecule has 0 saturated heterocycles. The first kappa shape index (κ1) is 11.1. The van der Waals surface area contributed by atoms with Gasteiger partial charge in [0.25, 0.3) is 0 Å². The second kappa shape index (κ2) is 5.06. The van der Waals surface area contributed by atoms with E-state index in [1.54, 1.807) is 13.0 Å². The lowest BCUT2D eigenvalue weighted by molar-refractivity contribution is 0.303. The lowest BCUT2D eigenvalue weighted by Crippen LogP contribution is -1.87. The molecule has 0 N–H and O–H groups in total. The molecule has 0 aromatic heterocycles. The van der Waals surface area contributed by atoms with Gasteiger partial charge in [-0.25, -0.2) is 4.52 Å². The Morgan fingerprint density at radius 1 is 1.12 bits per heavy atom. The fraction of sp³-hybridized carbons (Fsp3) is 0.167. The van der Waals surface area contributed by atoms with Crippen molar-refractivity contribution in [2.75, 3.05) is 6.61 Å². The predicted octanol–water partition coefficient (Wildman–Crippen LogP) is 3.91. The molecule has 2 rings (SSSR count). The van der Waals surface area contributed by atoms with Gasteiger partial charge in [-0.3, -0.25) is 0 Å². The molecule has 0 amide bonds. The first-order valence-electron chi connectivity index (χ1n) is 5.07. The maximum atomic E-state index is 11.4. The molecule has 3 nitrogen and oxygen atoms in total. The molecule has 0 spiro atoms. The van der Waals surface area contributed by atoms with E-state index in [2.05, 4.69) is 0 Å². The summed E-state index contributed by atoms with van der Waals surface area (Å²) in [5, 5.41) is 1.99. The van der Waals surface area contributed by atoms with Crippen LogP contribution in [0.15, 0.2) is 42.5 Å². The van der Waals surface area contributed by atoms with Crippen LogP contribution in [0.2, 0.25) is 0 Å². The highest BCUT2D eigenvalue weighted by atomic mass is 31.1. The Morgan fingerprint density at radius 2 is 1.88 bits per heavy atom. The van der Waals surface area contributed by atoms with Crippen LogP contribution in [0.5, 0.6) is 5.75 Å². The minimum atomic E-state index is -2.08. The summed E-state index contributed by atoms with van der Waals surface area (Å²) in [6, 6.07) is 13.4. The van der Waals surface area contributed by atoms with Gasteiger partial charge < -0.3 is 0 Å². The Bertz CT molecular complexity index is 505. The first-order chi connectivity index (χ1) is 7.81. The lowest BCUT2D eigenvalue weighted by Gasteiger charge is -1.99. The van der Waals surface area contributed by atoms with Gasteiger partial charge in [-0.15, -0.1) is 4.52 Å². The molecule has 0 heterocycles. The molecule has 82 valence electrons. The fourth-order valence-electron chi connectivity index (χ4n) is 1.49. The van der Waals surface area contributed by atoms with Gasteiger partial charge in [0.15, 0.2) is 5.75 Å². The normalized spacial score (nSPS) is 11.4. The molecule has 0 fully saturated rings. The molecule has 1 unspecified atom stereocenters. The van der Waals surface area contributed by atoms with E-state index in [0.29, 0.717) is 12.4 Å². The zero-order chi connectivity index (χ0) is 11.4. The summed E-state index contributed by atoms with van der Waals surface area (Å²) < 4.78 is 21.5. The van der Waals surface area contributed by atoms with Crippen LogP contribution in [0.3, 0.4) is 0 Å². The van der Waals surface area contributed by atoms with Crippen LogP contribution in [-0.2, 0) is 9.09 Å². The highest BCUT2D eigenvalue weighted by Gasteiger charge is 2.21. The second-order valence-corrected chi connectivity index (χ2v) is 4.10. The largest absolute Gasteiger partial charge is 0.750 e. The van der Waals surface area contributed by atoms with Crippen molar-refractivity contribution in [1.82, 2.24) is 0 Å². The van der Waals surface area contributed by atoms with Crippen molar-refractivity contribution in [1.29, 1.82) is 0 Å². The molecule has 2 aromatic carbocycles. The second-order valence-electron chi connectivity index (χ2n) is 3.21. The molecule has 0 aliphatic rings. The molecule has 2 aromatic rings. The SMILES string of the molecule is CCO[P+](=O)Oc1cccc2ccccc12. The molecule has 0 radical (unpaired) electrons. The van der Waals surface area contributed by atoms with E-state index < -0.39 is 8.25 Å². The maximum absolute atomic E-state index is 11.4. The van der Waals surface area contributed by atoms with Gasteiger partial charge >= 0.3 is 8.25 Å². The summed E-state index contributed by atoms with van der Waals surface area (Å²) >= 11 is 0. The van der Waals surface area contributed by atoms with E-state index in [9.17, 15) is 4.57 Å². The Hall–Kier alpha value is -1.44. The topological polar surface area (TPSA) is 35.5 Å². The third-order valence-corrected chi connectivity index (χ3v) is 2.97. The predicted molar refractivity (Wildman–Crippen MR) is 63.8 cm³/mol. The average molecular weight is 235 g/mol. The number of hydrogen-bond acceptors (Lipinski definition) is 3. The Kier molecular flexibility index (Phi) is 3.50. The smallest absolute Gasteiger partial charge is 0.229 e. The molecule has 0 bridgehead atoms. The molecule has 4 heteroatoms. The molecular weight excluding hydrogens is 223 g/mol. The zero-order valence-electron chi connectivity index (χ0n) is 8.92. The van der Waals surface area contributed by atoms with Crippen molar-refractivity contribution in [2.24, 2.45) is 0 Å². The average Bonchev–Trinajstić information content (AvgIpc) is 2.30. The third-order valence-electron chi connectivity index (χ3n) is 2.16. The number of benzene rings is 2.